The van der Waals surface area contributed by atoms with E-state index in [0.717, 1.165) is 5.56 Å². The number of benzene rings is 2. The van der Waals surface area contributed by atoms with Crippen molar-refractivity contribution in [2.75, 3.05) is 18.9 Å². The first-order chi connectivity index (χ1) is 14.4. The van der Waals surface area contributed by atoms with Crippen LogP contribution in [-0.4, -0.2) is 50.6 Å². The summed E-state index contributed by atoms with van der Waals surface area (Å²) in [5.41, 5.74) is 1.54. The third-order valence-corrected chi connectivity index (χ3v) is 4.32. The highest BCUT2D eigenvalue weighted by molar-refractivity contribution is 5.91. The number of aryl methyl sites for hydroxylation is 1. The van der Waals surface area contributed by atoms with Crippen LogP contribution < -0.4 is 10.6 Å². The van der Waals surface area contributed by atoms with Gasteiger partial charge in [-0.05, 0) is 41.1 Å². The van der Waals surface area contributed by atoms with Crippen LogP contribution in [0.2, 0.25) is 0 Å². The van der Waals surface area contributed by atoms with Crippen molar-refractivity contribution < 1.29 is 14.0 Å². The molecular weight excluding hydrogens is 389 g/mol. The highest BCUT2D eigenvalue weighted by atomic mass is 19.1. The van der Waals surface area contributed by atoms with Crippen LogP contribution in [0.15, 0.2) is 48.5 Å². The highest BCUT2D eigenvalue weighted by Crippen LogP contribution is 2.19. The van der Waals surface area contributed by atoms with Crippen LogP contribution in [0, 0.1) is 12.7 Å². The van der Waals surface area contributed by atoms with Gasteiger partial charge in [-0.3, -0.25) is 4.79 Å². The van der Waals surface area contributed by atoms with Gasteiger partial charge in [0.25, 0.3) is 0 Å². The molecule has 1 aromatic heterocycles. The smallest absolute Gasteiger partial charge is 0.317 e. The second kappa shape index (κ2) is 9.59. The van der Waals surface area contributed by atoms with Crippen molar-refractivity contribution in [3.63, 3.8) is 0 Å². The van der Waals surface area contributed by atoms with Gasteiger partial charge in [0.1, 0.15) is 11.5 Å². The number of aromatic nitrogens is 4. The molecule has 3 amide bonds. The number of hydrogen-bond acceptors (Lipinski definition) is 5. The Labute approximate surface area is 172 Å². The van der Waals surface area contributed by atoms with Crippen LogP contribution in [0.5, 0.6) is 0 Å². The molecule has 9 nitrogen and oxygen atoms in total. The largest absolute Gasteiger partial charge is 0.337 e. The van der Waals surface area contributed by atoms with Crippen molar-refractivity contribution in [1.29, 1.82) is 0 Å². The molecule has 0 saturated heterocycles. The Hall–Kier alpha value is -3.82. The average molecular weight is 411 g/mol. The molecule has 0 bridgehead atoms. The van der Waals surface area contributed by atoms with Crippen LogP contribution >= 0.6 is 0 Å². The fourth-order valence-electron chi connectivity index (χ4n) is 2.78. The molecule has 0 spiro atoms. The van der Waals surface area contributed by atoms with Crippen molar-refractivity contribution in [3.05, 3.63) is 65.7 Å². The third-order valence-electron chi connectivity index (χ3n) is 4.32. The number of anilines is 1. The molecule has 0 aliphatic rings. The number of urea groups is 1. The molecular formula is C20H22FN7O2. The molecule has 0 aliphatic carbocycles. The number of nitrogens with one attached hydrogen (secondary N) is 2. The van der Waals surface area contributed by atoms with E-state index in [4.69, 9.17) is 0 Å². The van der Waals surface area contributed by atoms with E-state index < -0.39 is 5.82 Å². The molecule has 1 heterocycles. The zero-order chi connectivity index (χ0) is 21.5. The minimum atomic E-state index is -0.517. The van der Waals surface area contributed by atoms with Crippen LogP contribution in [0.3, 0.4) is 0 Å². The summed E-state index contributed by atoms with van der Waals surface area (Å²) in [7, 11) is 1.68. The number of carbonyl (C=O) groups excluding carboxylic acids is 2. The molecule has 30 heavy (non-hydrogen) atoms. The van der Waals surface area contributed by atoms with Crippen LogP contribution in [0.4, 0.5) is 14.9 Å². The van der Waals surface area contributed by atoms with Gasteiger partial charge >= 0.3 is 6.03 Å². The molecule has 0 unspecified atom stereocenters. The van der Waals surface area contributed by atoms with Gasteiger partial charge in [0.15, 0.2) is 5.82 Å². The molecule has 0 aliphatic heterocycles. The Morgan fingerprint density at radius 2 is 1.93 bits per heavy atom. The van der Waals surface area contributed by atoms with E-state index in [1.807, 2.05) is 30.3 Å². The number of rotatable bonds is 7. The number of halogens is 1. The number of tetrazole rings is 1. The molecule has 0 fully saturated rings. The quantitative estimate of drug-likeness (QED) is 0.621. The summed E-state index contributed by atoms with van der Waals surface area (Å²) in [6.45, 7) is 2.28. The minimum Gasteiger partial charge on any atom is -0.337 e. The van der Waals surface area contributed by atoms with Gasteiger partial charge < -0.3 is 15.5 Å². The van der Waals surface area contributed by atoms with Gasteiger partial charge in [-0.2, -0.15) is 4.68 Å². The van der Waals surface area contributed by atoms with Crippen molar-refractivity contribution in [3.8, 4) is 5.69 Å². The predicted molar refractivity (Wildman–Crippen MR) is 108 cm³/mol. The lowest BCUT2D eigenvalue weighted by Gasteiger charge is -2.18. The summed E-state index contributed by atoms with van der Waals surface area (Å²) in [6, 6.07) is 13.5. The van der Waals surface area contributed by atoms with Gasteiger partial charge in [0, 0.05) is 32.2 Å². The van der Waals surface area contributed by atoms with E-state index in [9.17, 15) is 14.0 Å². The fourth-order valence-corrected chi connectivity index (χ4v) is 2.78. The number of hydrogen-bond donors (Lipinski definition) is 2. The fraction of sp³-hybridized carbons (Fsp3) is 0.250. The van der Waals surface area contributed by atoms with Crippen LogP contribution in [0.25, 0.3) is 5.69 Å². The summed E-state index contributed by atoms with van der Waals surface area (Å²) in [6.07, 6.45) is 0.0710. The molecule has 10 heteroatoms. The van der Waals surface area contributed by atoms with Gasteiger partial charge in [-0.1, -0.05) is 30.3 Å². The van der Waals surface area contributed by atoms with E-state index in [1.165, 1.54) is 27.8 Å². The molecule has 3 aromatic rings. The van der Waals surface area contributed by atoms with Gasteiger partial charge in [0.05, 0.1) is 0 Å². The molecule has 2 aromatic carbocycles. The Morgan fingerprint density at radius 3 is 2.63 bits per heavy atom. The van der Waals surface area contributed by atoms with Gasteiger partial charge in [-0.25, -0.2) is 9.18 Å². The molecule has 0 saturated carbocycles. The summed E-state index contributed by atoms with van der Waals surface area (Å²) in [4.78, 5) is 25.9. The SMILES string of the molecule is Cc1nnnn1-c1cc(NC(=O)CCNC(=O)N(C)Cc2ccccc2)ccc1F. The minimum absolute atomic E-state index is 0.0710. The summed E-state index contributed by atoms with van der Waals surface area (Å²) < 4.78 is 15.3. The second-order valence-electron chi connectivity index (χ2n) is 6.68. The predicted octanol–water partition coefficient (Wildman–Crippen LogP) is 2.28. The lowest BCUT2D eigenvalue weighted by Crippen LogP contribution is -2.38. The molecule has 0 radical (unpaired) electrons. The number of carbonyl (C=O) groups is 2. The summed E-state index contributed by atoms with van der Waals surface area (Å²) in [5.74, 6) is -0.413. The van der Waals surface area contributed by atoms with E-state index in [2.05, 4.69) is 26.2 Å². The lowest BCUT2D eigenvalue weighted by atomic mass is 10.2. The Kier molecular flexibility index (Phi) is 6.68. The summed E-state index contributed by atoms with van der Waals surface area (Å²) in [5, 5.41) is 16.3. The monoisotopic (exact) mass is 411 g/mol. The maximum Gasteiger partial charge on any atom is 0.317 e. The molecule has 2 N–H and O–H groups in total. The first-order valence-corrected chi connectivity index (χ1v) is 9.31. The Bertz CT molecular complexity index is 1020. The maximum absolute atomic E-state index is 14.1. The van der Waals surface area contributed by atoms with Gasteiger partial charge in [0.2, 0.25) is 5.91 Å². The van der Waals surface area contributed by atoms with Crippen LogP contribution in [-0.2, 0) is 11.3 Å². The second-order valence-corrected chi connectivity index (χ2v) is 6.68. The lowest BCUT2D eigenvalue weighted by molar-refractivity contribution is -0.116. The van der Waals surface area contributed by atoms with Crippen molar-refractivity contribution >= 4 is 17.6 Å². The third kappa shape index (κ3) is 5.37. The Balaban J connectivity index is 1.49. The standard InChI is InChI=1S/C20H22FN7O2/c1-14-24-25-26-28(14)18-12-16(8-9-17(18)21)23-19(29)10-11-22-20(30)27(2)13-15-6-4-3-5-7-15/h3-9,12H,10-11,13H2,1-2H3,(H,22,30)(H,23,29). The number of nitrogens with zero attached hydrogens (tertiary/aromatic N) is 5. The zero-order valence-corrected chi connectivity index (χ0v) is 16.7. The molecule has 156 valence electrons. The molecule has 3 rings (SSSR count). The van der Waals surface area contributed by atoms with E-state index in [-0.39, 0.29) is 30.6 Å². The maximum atomic E-state index is 14.1. The van der Waals surface area contributed by atoms with E-state index in [1.54, 1.807) is 14.0 Å². The first-order valence-electron chi connectivity index (χ1n) is 9.31. The Morgan fingerprint density at radius 1 is 1.17 bits per heavy atom. The number of amides is 3. The summed E-state index contributed by atoms with van der Waals surface area (Å²) >= 11 is 0. The highest BCUT2D eigenvalue weighted by Gasteiger charge is 2.13. The normalized spacial score (nSPS) is 10.5. The zero-order valence-electron chi connectivity index (χ0n) is 16.7. The van der Waals surface area contributed by atoms with Gasteiger partial charge in [-0.15, -0.1) is 5.10 Å². The average Bonchev–Trinajstić information content (AvgIpc) is 3.15. The van der Waals surface area contributed by atoms with Crippen LogP contribution in [0.1, 0.15) is 17.8 Å². The van der Waals surface area contributed by atoms with Crippen molar-refractivity contribution in [2.45, 2.75) is 19.9 Å². The van der Waals surface area contributed by atoms with Crippen molar-refractivity contribution in [1.82, 2.24) is 30.4 Å². The first kappa shape index (κ1) is 20.9. The molecule has 0 atom stereocenters. The van der Waals surface area contributed by atoms with E-state index in [0.29, 0.717) is 18.1 Å². The van der Waals surface area contributed by atoms with E-state index >= 15 is 0 Å². The topological polar surface area (TPSA) is 105 Å². The van der Waals surface area contributed by atoms with Crippen molar-refractivity contribution in [2.24, 2.45) is 0 Å².